The molecule has 3 aliphatic rings. The van der Waals surface area contributed by atoms with Crippen molar-refractivity contribution in [2.45, 2.75) is 68.7 Å². The van der Waals surface area contributed by atoms with Crippen molar-refractivity contribution in [2.24, 2.45) is 0 Å². The van der Waals surface area contributed by atoms with E-state index in [2.05, 4.69) is 33.6 Å². The number of amides is 1. The summed E-state index contributed by atoms with van der Waals surface area (Å²) in [7, 11) is 2.21. The standard InChI is InChI=1S/C19H30N4O2S/c1-13-11-15(5-10-23(13)26-16-6-8-22(2)9-7-16)20-19(24)17-12-18(25-21-17)14-3-4-14/h12-16H,3-11H2,1-2H3,(H,20,24). The maximum absolute atomic E-state index is 12.4. The molecule has 1 amide bonds. The molecule has 26 heavy (non-hydrogen) atoms. The number of hydrogen-bond acceptors (Lipinski definition) is 6. The van der Waals surface area contributed by atoms with Crippen molar-refractivity contribution >= 4 is 17.9 Å². The summed E-state index contributed by atoms with van der Waals surface area (Å²) in [6.07, 6.45) is 6.87. The summed E-state index contributed by atoms with van der Waals surface area (Å²) in [5.74, 6) is 1.27. The number of nitrogens with zero attached hydrogens (tertiary/aromatic N) is 3. The molecular weight excluding hydrogens is 348 g/mol. The fourth-order valence-corrected chi connectivity index (χ4v) is 5.25. The average molecular weight is 379 g/mol. The van der Waals surface area contributed by atoms with Crippen molar-refractivity contribution in [1.82, 2.24) is 19.7 Å². The minimum atomic E-state index is -0.0886. The van der Waals surface area contributed by atoms with Gasteiger partial charge in [0, 0.05) is 35.9 Å². The summed E-state index contributed by atoms with van der Waals surface area (Å²) < 4.78 is 7.84. The summed E-state index contributed by atoms with van der Waals surface area (Å²) >= 11 is 2.05. The van der Waals surface area contributed by atoms with Gasteiger partial charge in [-0.1, -0.05) is 17.1 Å². The van der Waals surface area contributed by atoms with Gasteiger partial charge in [0.15, 0.2) is 5.69 Å². The van der Waals surface area contributed by atoms with Crippen LogP contribution in [-0.2, 0) is 0 Å². The third kappa shape index (κ3) is 4.43. The summed E-state index contributed by atoms with van der Waals surface area (Å²) in [5.41, 5.74) is 0.433. The molecule has 1 aromatic heterocycles. The van der Waals surface area contributed by atoms with E-state index in [-0.39, 0.29) is 11.9 Å². The van der Waals surface area contributed by atoms with Crippen LogP contribution in [0.5, 0.6) is 0 Å². The van der Waals surface area contributed by atoms with Gasteiger partial charge in [-0.25, -0.2) is 4.31 Å². The Morgan fingerprint density at radius 1 is 1.23 bits per heavy atom. The maximum atomic E-state index is 12.4. The monoisotopic (exact) mass is 378 g/mol. The van der Waals surface area contributed by atoms with Gasteiger partial charge in [0.1, 0.15) is 5.76 Å². The first-order valence-electron chi connectivity index (χ1n) is 9.98. The van der Waals surface area contributed by atoms with Crippen LogP contribution in [0, 0.1) is 0 Å². The third-order valence-electron chi connectivity index (χ3n) is 5.84. The Balaban J connectivity index is 1.24. The van der Waals surface area contributed by atoms with Crippen LogP contribution in [-0.4, -0.2) is 64.3 Å². The molecule has 4 rings (SSSR count). The fourth-order valence-electron chi connectivity index (χ4n) is 3.94. The second-order valence-electron chi connectivity index (χ2n) is 8.18. The molecule has 2 saturated heterocycles. The second-order valence-corrected chi connectivity index (χ2v) is 9.53. The molecule has 0 spiro atoms. The molecule has 0 aromatic carbocycles. The SMILES string of the molecule is CC1CC(NC(=O)c2cc(C3CC3)on2)CCN1SC1CCN(C)CC1. The Bertz CT molecular complexity index is 625. The van der Waals surface area contributed by atoms with Gasteiger partial charge in [-0.2, -0.15) is 0 Å². The predicted molar refractivity (Wildman–Crippen MR) is 103 cm³/mol. The maximum Gasteiger partial charge on any atom is 0.273 e. The topological polar surface area (TPSA) is 61.6 Å². The van der Waals surface area contributed by atoms with Crippen molar-refractivity contribution in [3.63, 3.8) is 0 Å². The third-order valence-corrected chi connectivity index (χ3v) is 7.42. The molecule has 0 bridgehead atoms. The zero-order valence-corrected chi connectivity index (χ0v) is 16.6. The van der Waals surface area contributed by atoms with Gasteiger partial charge in [-0.15, -0.1) is 0 Å². The van der Waals surface area contributed by atoms with Gasteiger partial charge in [0.05, 0.1) is 0 Å². The highest BCUT2D eigenvalue weighted by Crippen LogP contribution is 2.40. The minimum Gasteiger partial charge on any atom is -0.360 e. The summed E-state index contributed by atoms with van der Waals surface area (Å²) in [6, 6.07) is 2.53. The van der Waals surface area contributed by atoms with E-state index in [9.17, 15) is 4.79 Å². The first-order valence-corrected chi connectivity index (χ1v) is 10.8. The van der Waals surface area contributed by atoms with Crippen LogP contribution in [0.2, 0.25) is 0 Å². The Labute approximate surface area is 160 Å². The lowest BCUT2D eigenvalue weighted by Crippen LogP contribution is -2.47. The van der Waals surface area contributed by atoms with Crippen molar-refractivity contribution < 1.29 is 9.32 Å². The van der Waals surface area contributed by atoms with Crippen molar-refractivity contribution in [3.8, 4) is 0 Å². The minimum absolute atomic E-state index is 0.0886. The largest absolute Gasteiger partial charge is 0.360 e. The molecule has 1 N–H and O–H groups in total. The smallest absolute Gasteiger partial charge is 0.273 e. The molecule has 2 unspecified atom stereocenters. The zero-order valence-electron chi connectivity index (χ0n) is 15.8. The number of nitrogens with one attached hydrogen (secondary N) is 1. The van der Waals surface area contributed by atoms with E-state index in [0.29, 0.717) is 17.7 Å². The van der Waals surface area contributed by atoms with Crippen molar-refractivity contribution in [3.05, 3.63) is 17.5 Å². The second kappa shape index (κ2) is 7.90. The van der Waals surface area contributed by atoms with Crippen molar-refractivity contribution in [2.75, 3.05) is 26.7 Å². The van der Waals surface area contributed by atoms with E-state index in [4.69, 9.17) is 4.52 Å². The van der Waals surface area contributed by atoms with Crippen LogP contribution >= 0.6 is 11.9 Å². The van der Waals surface area contributed by atoms with E-state index in [0.717, 1.165) is 43.2 Å². The first-order chi connectivity index (χ1) is 12.6. The highest BCUT2D eigenvalue weighted by Gasteiger charge is 2.32. The Hall–Kier alpha value is -1.05. The highest BCUT2D eigenvalue weighted by molar-refractivity contribution is 7.97. The molecule has 6 nitrogen and oxygen atoms in total. The molecule has 1 saturated carbocycles. The summed E-state index contributed by atoms with van der Waals surface area (Å²) in [5, 5.41) is 7.87. The molecule has 7 heteroatoms. The molecule has 2 aliphatic heterocycles. The van der Waals surface area contributed by atoms with Crippen molar-refractivity contribution in [1.29, 1.82) is 0 Å². The van der Waals surface area contributed by atoms with E-state index >= 15 is 0 Å². The number of hydrogen-bond donors (Lipinski definition) is 1. The lowest BCUT2D eigenvalue weighted by atomic mass is 10.0. The van der Waals surface area contributed by atoms with E-state index in [1.807, 2.05) is 18.0 Å². The first kappa shape index (κ1) is 18.3. The van der Waals surface area contributed by atoms with Crippen LogP contribution in [0.3, 0.4) is 0 Å². The summed E-state index contributed by atoms with van der Waals surface area (Å²) in [4.78, 5) is 14.9. The van der Waals surface area contributed by atoms with Gasteiger partial charge in [-0.05, 0) is 65.6 Å². The van der Waals surface area contributed by atoms with Gasteiger partial charge >= 0.3 is 0 Å². The fraction of sp³-hybridized carbons (Fsp3) is 0.789. The van der Waals surface area contributed by atoms with Crippen LogP contribution in [0.25, 0.3) is 0 Å². The van der Waals surface area contributed by atoms with Crippen LogP contribution in [0.1, 0.15) is 67.6 Å². The zero-order chi connectivity index (χ0) is 18.1. The molecule has 2 atom stereocenters. The van der Waals surface area contributed by atoms with Gasteiger partial charge in [-0.3, -0.25) is 4.79 Å². The van der Waals surface area contributed by atoms with Crippen LogP contribution < -0.4 is 5.32 Å². The lowest BCUT2D eigenvalue weighted by molar-refractivity contribution is 0.0906. The molecule has 144 valence electrons. The van der Waals surface area contributed by atoms with Crippen LogP contribution in [0.4, 0.5) is 0 Å². The Morgan fingerprint density at radius 3 is 2.69 bits per heavy atom. The number of carbonyl (C=O) groups excluding carboxylic acids is 1. The van der Waals surface area contributed by atoms with Crippen LogP contribution in [0.15, 0.2) is 10.6 Å². The number of carbonyl (C=O) groups is 1. The Morgan fingerprint density at radius 2 is 2.00 bits per heavy atom. The number of piperidine rings is 2. The molecule has 3 heterocycles. The quantitative estimate of drug-likeness (QED) is 0.795. The molecule has 0 radical (unpaired) electrons. The van der Waals surface area contributed by atoms with Gasteiger partial charge in [0.2, 0.25) is 0 Å². The highest BCUT2D eigenvalue weighted by atomic mass is 32.2. The normalized spacial score (nSPS) is 29.0. The predicted octanol–water partition coefficient (Wildman–Crippen LogP) is 2.88. The molecule has 1 aromatic rings. The summed E-state index contributed by atoms with van der Waals surface area (Å²) in [6.45, 7) is 5.73. The Kier molecular flexibility index (Phi) is 5.57. The van der Waals surface area contributed by atoms with E-state index in [1.54, 1.807) is 0 Å². The van der Waals surface area contributed by atoms with E-state index in [1.165, 1.54) is 25.9 Å². The number of rotatable bonds is 5. The average Bonchev–Trinajstić information content (AvgIpc) is 3.36. The van der Waals surface area contributed by atoms with Gasteiger partial charge in [0.25, 0.3) is 5.91 Å². The molecular formula is C19H30N4O2S. The molecule has 1 aliphatic carbocycles. The van der Waals surface area contributed by atoms with Gasteiger partial charge < -0.3 is 14.7 Å². The number of likely N-dealkylation sites (tertiary alicyclic amines) is 1. The molecule has 3 fully saturated rings. The lowest BCUT2D eigenvalue weighted by Gasteiger charge is -2.40. The number of aromatic nitrogens is 1. The van der Waals surface area contributed by atoms with E-state index < -0.39 is 0 Å².